The fraction of sp³-hybridized carbons (Fsp3) is 0.667. The molecule has 1 saturated carbocycles. The van der Waals surface area contributed by atoms with Crippen LogP contribution in [0.3, 0.4) is 0 Å². The Kier molecular flexibility index (Phi) is 2.25. The highest BCUT2D eigenvalue weighted by Gasteiger charge is 2.13. The molecule has 0 heterocycles. The lowest BCUT2D eigenvalue weighted by Crippen LogP contribution is -2.21. The van der Waals surface area contributed by atoms with Crippen molar-refractivity contribution in [3.63, 3.8) is 0 Å². The van der Waals surface area contributed by atoms with Gasteiger partial charge in [0.15, 0.2) is 0 Å². The number of nitrogens with zero attached hydrogens (tertiary/aromatic N) is 2. The molecule has 1 fully saturated rings. The first-order valence-electron chi connectivity index (χ1n) is 3.42. The average molecular weight is 140 g/mol. The largest absolute Gasteiger partial charge is 0.323 e. The van der Waals surface area contributed by atoms with E-state index in [9.17, 15) is 0 Å². The fourth-order valence-corrected chi connectivity index (χ4v) is 1.15. The van der Waals surface area contributed by atoms with Gasteiger partial charge < -0.3 is 11.7 Å². The summed E-state index contributed by atoms with van der Waals surface area (Å²) in [6, 6.07) is 0. The summed E-state index contributed by atoms with van der Waals surface area (Å²) in [5, 5.41) is 7.21. The maximum Gasteiger partial charge on any atom is 0.0832 e. The van der Waals surface area contributed by atoms with Crippen molar-refractivity contribution >= 4 is 11.4 Å². The van der Waals surface area contributed by atoms with Crippen LogP contribution >= 0.6 is 0 Å². The van der Waals surface area contributed by atoms with Gasteiger partial charge in [0.1, 0.15) is 0 Å². The first kappa shape index (κ1) is 7.05. The van der Waals surface area contributed by atoms with Gasteiger partial charge in [-0.25, -0.2) is 0 Å². The van der Waals surface area contributed by atoms with Crippen LogP contribution in [0.25, 0.3) is 0 Å². The van der Waals surface area contributed by atoms with E-state index in [0.717, 1.165) is 37.1 Å². The van der Waals surface area contributed by atoms with Gasteiger partial charge in [-0.3, -0.25) is 0 Å². The van der Waals surface area contributed by atoms with E-state index in [4.69, 9.17) is 11.7 Å². The predicted molar refractivity (Wildman–Crippen MR) is 41.7 cm³/mol. The second-order valence-corrected chi connectivity index (χ2v) is 2.36. The second kappa shape index (κ2) is 3.20. The summed E-state index contributed by atoms with van der Waals surface area (Å²) in [6.45, 7) is 0. The topological polar surface area (TPSA) is 76.8 Å². The van der Waals surface area contributed by atoms with Gasteiger partial charge in [-0.2, -0.15) is 10.2 Å². The van der Waals surface area contributed by atoms with Gasteiger partial charge in [0.05, 0.1) is 11.4 Å². The van der Waals surface area contributed by atoms with Gasteiger partial charge in [-0.1, -0.05) is 0 Å². The molecule has 0 bridgehead atoms. The average Bonchev–Trinajstić information content (AvgIpc) is 2.04. The quantitative estimate of drug-likeness (QED) is 0.372. The number of nitrogens with two attached hydrogens (primary N) is 2. The number of hydrogen-bond donors (Lipinski definition) is 2. The smallest absolute Gasteiger partial charge is 0.0832 e. The van der Waals surface area contributed by atoms with Crippen molar-refractivity contribution in [2.75, 3.05) is 0 Å². The Hall–Kier alpha value is -1.06. The minimum absolute atomic E-state index is 0.869. The van der Waals surface area contributed by atoms with Crippen LogP contribution in [0.4, 0.5) is 0 Å². The third kappa shape index (κ3) is 1.26. The first-order chi connectivity index (χ1) is 4.88. The maximum absolute atomic E-state index is 5.12. The van der Waals surface area contributed by atoms with Crippen molar-refractivity contribution in [2.24, 2.45) is 21.9 Å². The van der Waals surface area contributed by atoms with Gasteiger partial charge in [0, 0.05) is 0 Å². The highest BCUT2D eigenvalue weighted by Crippen LogP contribution is 2.11. The zero-order chi connectivity index (χ0) is 7.40. The standard InChI is InChI=1S/C6H12N4/c7-9-5-3-1-2-4-6(5)10-8/h1-4,7-8H2/b9-5-,10-6-. The summed E-state index contributed by atoms with van der Waals surface area (Å²) in [4.78, 5) is 0. The molecule has 4 nitrogen and oxygen atoms in total. The van der Waals surface area contributed by atoms with E-state index in [-0.39, 0.29) is 0 Å². The summed E-state index contributed by atoms with van der Waals surface area (Å²) in [6.07, 6.45) is 4.14. The molecule has 10 heavy (non-hydrogen) atoms. The minimum Gasteiger partial charge on any atom is -0.323 e. The molecule has 1 aliphatic rings. The SMILES string of the molecule is N/N=C1/CCCC/C1=N/N. The molecule has 0 aliphatic heterocycles. The molecule has 0 aromatic heterocycles. The Bertz CT molecular complexity index is 151. The molecule has 0 spiro atoms. The minimum atomic E-state index is 0.869. The Morgan fingerprint density at radius 3 is 1.60 bits per heavy atom. The van der Waals surface area contributed by atoms with Crippen LogP contribution in [0.5, 0.6) is 0 Å². The third-order valence-electron chi connectivity index (χ3n) is 1.72. The highest BCUT2D eigenvalue weighted by molar-refractivity contribution is 6.42. The predicted octanol–water partition coefficient (Wildman–Crippen LogP) is 0.190. The summed E-state index contributed by atoms with van der Waals surface area (Å²) in [5.41, 5.74) is 1.74. The third-order valence-corrected chi connectivity index (χ3v) is 1.72. The van der Waals surface area contributed by atoms with Crippen molar-refractivity contribution in [1.82, 2.24) is 0 Å². The van der Waals surface area contributed by atoms with Crippen molar-refractivity contribution in [2.45, 2.75) is 25.7 Å². The van der Waals surface area contributed by atoms with Crippen LogP contribution in [-0.4, -0.2) is 11.4 Å². The molecule has 1 rings (SSSR count). The lowest BCUT2D eigenvalue weighted by molar-refractivity contribution is 0.772. The molecule has 1 aliphatic carbocycles. The Morgan fingerprint density at radius 2 is 1.30 bits per heavy atom. The molecule has 0 saturated heterocycles. The van der Waals surface area contributed by atoms with Crippen molar-refractivity contribution < 1.29 is 0 Å². The molecule has 0 amide bonds. The lowest BCUT2D eigenvalue weighted by Gasteiger charge is -2.12. The summed E-state index contributed by atoms with van der Waals surface area (Å²) < 4.78 is 0. The molecular formula is C6H12N4. The van der Waals surface area contributed by atoms with E-state index in [0.29, 0.717) is 0 Å². The van der Waals surface area contributed by atoms with Crippen LogP contribution in [0.2, 0.25) is 0 Å². The second-order valence-electron chi connectivity index (χ2n) is 2.36. The first-order valence-corrected chi connectivity index (χ1v) is 3.42. The van der Waals surface area contributed by atoms with Crippen molar-refractivity contribution in [1.29, 1.82) is 0 Å². The highest BCUT2D eigenvalue weighted by atomic mass is 15.2. The van der Waals surface area contributed by atoms with Crippen LogP contribution in [0, 0.1) is 0 Å². The summed E-state index contributed by atoms with van der Waals surface area (Å²) in [7, 11) is 0. The van der Waals surface area contributed by atoms with Gasteiger partial charge in [0.25, 0.3) is 0 Å². The normalized spacial score (nSPS) is 27.6. The van der Waals surface area contributed by atoms with Gasteiger partial charge in [0.2, 0.25) is 0 Å². The van der Waals surface area contributed by atoms with Gasteiger partial charge >= 0.3 is 0 Å². The summed E-state index contributed by atoms with van der Waals surface area (Å²) >= 11 is 0. The number of hydrazone groups is 2. The summed E-state index contributed by atoms with van der Waals surface area (Å²) in [5.74, 6) is 10.2. The molecule has 0 aromatic rings. The molecule has 56 valence electrons. The molecular weight excluding hydrogens is 128 g/mol. The van der Waals surface area contributed by atoms with Crippen LogP contribution in [-0.2, 0) is 0 Å². The van der Waals surface area contributed by atoms with E-state index in [2.05, 4.69) is 10.2 Å². The number of hydrogen-bond acceptors (Lipinski definition) is 4. The van der Waals surface area contributed by atoms with Crippen molar-refractivity contribution in [3.05, 3.63) is 0 Å². The van der Waals surface area contributed by atoms with Gasteiger partial charge in [-0.05, 0) is 25.7 Å². The lowest BCUT2D eigenvalue weighted by atomic mass is 9.96. The molecule has 4 N–H and O–H groups in total. The van der Waals surface area contributed by atoms with Crippen LogP contribution in [0.15, 0.2) is 10.2 Å². The van der Waals surface area contributed by atoms with E-state index < -0.39 is 0 Å². The van der Waals surface area contributed by atoms with Crippen molar-refractivity contribution in [3.8, 4) is 0 Å². The van der Waals surface area contributed by atoms with Gasteiger partial charge in [-0.15, -0.1) is 0 Å². The zero-order valence-electron chi connectivity index (χ0n) is 5.88. The van der Waals surface area contributed by atoms with Crippen LogP contribution < -0.4 is 11.7 Å². The molecule has 4 heteroatoms. The zero-order valence-corrected chi connectivity index (χ0v) is 5.88. The van der Waals surface area contributed by atoms with E-state index in [1.165, 1.54) is 0 Å². The monoisotopic (exact) mass is 140 g/mol. The number of rotatable bonds is 0. The van der Waals surface area contributed by atoms with E-state index in [1.807, 2.05) is 0 Å². The Morgan fingerprint density at radius 1 is 0.900 bits per heavy atom. The molecule has 0 unspecified atom stereocenters. The molecule has 0 aromatic carbocycles. The van der Waals surface area contributed by atoms with E-state index in [1.54, 1.807) is 0 Å². The Labute approximate surface area is 60.0 Å². The Balaban J connectivity index is 2.69. The fourth-order valence-electron chi connectivity index (χ4n) is 1.15. The molecule has 0 radical (unpaired) electrons. The van der Waals surface area contributed by atoms with Crippen LogP contribution in [0.1, 0.15) is 25.7 Å². The van der Waals surface area contributed by atoms with E-state index >= 15 is 0 Å². The maximum atomic E-state index is 5.12. The molecule has 0 atom stereocenters.